The van der Waals surface area contributed by atoms with Gasteiger partial charge in [-0.25, -0.2) is 0 Å². The lowest BCUT2D eigenvalue weighted by Gasteiger charge is -2.36. The summed E-state index contributed by atoms with van der Waals surface area (Å²) in [6.45, 7) is 5.01. The average molecular weight is 222 g/mol. The first-order chi connectivity index (χ1) is 7.72. The zero-order chi connectivity index (χ0) is 11.5. The molecule has 1 amide bonds. The first kappa shape index (κ1) is 11.4. The smallest absolute Gasteiger partial charge is 0.239 e. The lowest BCUT2D eigenvalue weighted by molar-refractivity contribution is -0.131. The summed E-state index contributed by atoms with van der Waals surface area (Å²) >= 11 is 0. The Bertz CT molecular complexity index is 304. The molecule has 0 spiro atoms. The lowest BCUT2D eigenvalue weighted by Crippen LogP contribution is -2.52. The highest BCUT2D eigenvalue weighted by molar-refractivity contribution is 5.83. The fourth-order valence-electron chi connectivity index (χ4n) is 2.48. The van der Waals surface area contributed by atoms with Gasteiger partial charge in [-0.05, 0) is 6.42 Å². The van der Waals surface area contributed by atoms with E-state index in [1.165, 1.54) is 0 Å². The van der Waals surface area contributed by atoms with Crippen LogP contribution in [0, 0.1) is 11.3 Å². The molecule has 2 heterocycles. The van der Waals surface area contributed by atoms with Crippen molar-refractivity contribution in [1.82, 2.24) is 14.7 Å². The maximum absolute atomic E-state index is 11.8. The molecule has 5 nitrogen and oxygen atoms in total. The van der Waals surface area contributed by atoms with Gasteiger partial charge in [0.2, 0.25) is 5.91 Å². The Morgan fingerprint density at radius 1 is 1.31 bits per heavy atom. The minimum absolute atomic E-state index is 0.0919. The van der Waals surface area contributed by atoms with E-state index in [-0.39, 0.29) is 11.9 Å². The summed E-state index contributed by atoms with van der Waals surface area (Å²) in [5.74, 6) is 0.258. The Balaban J connectivity index is 1.85. The molecule has 2 saturated heterocycles. The number of hydrogen-bond acceptors (Lipinski definition) is 4. The normalized spacial score (nSPS) is 28.4. The van der Waals surface area contributed by atoms with E-state index in [1.807, 2.05) is 11.9 Å². The van der Waals surface area contributed by atoms with Crippen molar-refractivity contribution in [1.29, 1.82) is 5.26 Å². The molecule has 2 fully saturated rings. The molecule has 0 radical (unpaired) electrons. The molecule has 0 aromatic carbocycles. The summed E-state index contributed by atoms with van der Waals surface area (Å²) in [4.78, 5) is 18.0. The number of piperazine rings is 1. The van der Waals surface area contributed by atoms with Crippen LogP contribution in [0.2, 0.25) is 0 Å². The van der Waals surface area contributed by atoms with Gasteiger partial charge in [0.05, 0.1) is 18.7 Å². The highest BCUT2D eigenvalue weighted by atomic mass is 16.2. The van der Waals surface area contributed by atoms with E-state index in [9.17, 15) is 4.79 Å². The van der Waals surface area contributed by atoms with Gasteiger partial charge >= 0.3 is 0 Å². The van der Waals surface area contributed by atoms with Crippen molar-refractivity contribution < 1.29 is 4.79 Å². The van der Waals surface area contributed by atoms with Crippen LogP contribution in [-0.4, -0.2) is 73.0 Å². The number of likely N-dealkylation sites (tertiary alicyclic amines) is 1. The quantitative estimate of drug-likeness (QED) is 0.583. The van der Waals surface area contributed by atoms with Crippen LogP contribution in [0.4, 0.5) is 0 Å². The second kappa shape index (κ2) is 4.81. The lowest BCUT2D eigenvalue weighted by atomic mass is 10.2. The molecule has 2 aliphatic heterocycles. The van der Waals surface area contributed by atoms with Crippen molar-refractivity contribution >= 4 is 5.91 Å². The SMILES string of the molecule is CN1CCC(N2CCN(CC#N)CC2)C1=O. The molecular formula is C11H18N4O. The van der Waals surface area contributed by atoms with Gasteiger partial charge in [-0.2, -0.15) is 5.26 Å². The van der Waals surface area contributed by atoms with Crippen molar-refractivity contribution in [2.75, 3.05) is 46.3 Å². The fourth-order valence-corrected chi connectivity index (χ4v) is 2.48. The molecule has 1 atom stereocenters. The van der Waals surface area contributed by atoms with E-state index < -0.39 is 0 Å². The van der Waals surface area contributed by atoms with Gasteiger partial charge in [-0.3, -0.25) is 14.6 Å². The number of likely N-dealkylation sites (N-methyl/N-ethyl adjacent to an activating group) is 1. The van der Waals surface area contributed by atoms with E-state index in [2.05, 4.69) is 15.9 Å². The molecule has 0 saturated carbocycles. The standard InChI is InChI=1S/C11H18N4O/c1-13-4-2-10(11(13)16)15-8-6-14(5-3-12)7-9-15/h10H,2,4-9H2,1H3. The van der Waals surface area contributed by atoms with Crippen molar-refractivity contribution in [2.24, 2.45) is 0 Å². The predicted octanol–water partition coefficient (Wildman–Crippen LogP) is -0.642. The van der Waals surface area contributed by atoms with E-state index >= 15 is 0 Å². The molecule has 2 aliphatic rings. The molecule has 0 bridgehead atoms. The van der Waals surface area contributed by atoms with Crippen LogP contribution < -0.4 is 0 Å². The molecule has 1 unspecified atom stereocenters. The maximum atomic E-state index is 11.8. The molecular weight excluding hydrogens is 204 g/mol. The van der Waals surface area contributed by atoms with E-state index in [1.54, 1.807) is 0 Å². The van der Waals surface area contributed by atoms with Gasteiger partial charge in [0.15, 0.2) is 0 Å². The fraction of sp³-hybridized carbons (Fsp3) is 0.818. The Morgan fingerprint density at radius 2 is 2.00 bits per heavy atom. The van der Waals surface area contributed by atoms with Crippen molar-refractivity contribution in [2.45, 2.75) is 12.5 Å². The zero-order valence-corrected chi connectivity index (χ0v) is 9.72. The summed E-state index contributed by atoms with van der Waals surface area (Å²) in [5, 5.41) is 8.61. The number of nitriles is 1. The second-order valence-corrected chi connectivity index (χ2v) is 4.53. The number of carbonyl (C=O) groups is 1. The third-order valence-electron chi connectivity index (χ3n) is 3.54. The molecule has 0 N–H and O–H groups in total. The Morgan fingerprint density at radius 3 is 2.50 bits per heavy atom. The van der Waals surface area contributed by atoms with Crippen LogP contribution in [-0.2, 0) is 4.79 Å². The van der Waals surface area contributed by atoms with Crippen LogP contribution in [0.5, 0.6) is 0 Å². The summed E-state index contributed by atoms with van der Waals surface area (Å²) in [5.41, 5.74) is 0. The molecule has 0 aliphatic carbocycles. The van der Waals surface area contributed by atoms with Gasteiger partial charge in [-0.15, -0.1) is 0 Å². The van der Waals surface area contributed by atoms with E-state index in [4.69, 9.17) is 5.26 Å². The molecule has 2 rings (SSSR count). The van der Waals surface area contributed by atoms with Gasteiger partial charge in [0, 0.05) is 39.8 Å². The van der Waals surface area contributed by atoms with Crippen LogP contribution in [0.25, 0.3) is 0 Å². The van der Waals surface area contributed by atoms with Crippen LogP contribution in [0.15, 0.2) is 0 Å². The molecule has 0 aromatic rings. The Kier molecular flexibility index (Phi) is 3.42. The number of rotatable bonds is 2. The average Bonchev–Trinajstić information content (AvgIpc) is 2.62. The molecule has 0 aromatic heterocycles. The summed E-state index contributed by atoms with van der Waals surface area (Å²) < 4.78 is 0. The molecule has 88 valence electrons. The topological polar surface area (TPSA) is 50.6 Å². The first-order valence-corrected chi connectivity index (χ1v) is 5.80. The van der Waals surface area contributed by atoms with Crippen molar-refractivity contribution in [3.05, 3.63) is 0 Å². The third kappa shape index (κ3) is 2.18. The summed E-state index contributed by atoms with van der Waals surface area (Å²) in [7, 11) is 1.87. The molecule has 16 heavy (non-hydrogen) atoms. The number of nitrogens with zero attached hydrogens (tertiary/aromatic N) is 4. The van der Waals surface area contributed by atoms with Gasteiger partial charge < -0.3 is 4.90 Å². The van der Waals surface area contributed by atoms with Crippen LogP contribution in [0.1, 0.15) is 6.42 Å². The van der Waals surface area contributed by atoms with Crippen LogP contribution in [0.3, 0.4) is 0 Å². The largest absolute Gasteiger partial charge is 0.344 e. The van der Waals surface area contributed by atoms with Gasteiger partial charge in [-0.1, -0.05) is 0 Å². The van der Waals surface area contributed by atoms with Gasteiger partial charge in [0.25, 0.3) is 0 Å². The Hall–Kier alpha value is -1.12. The monoisotopic (exact) mass is 222 g/mol. The highest BCUT2D eigenvalue weighted by Gasteiger charge is 2.35. The summed E-state index contributed by atoms with van der Waals surface area (Å²) in [6, 6.07) is 2.26. The second-order valence-electron chi connectivity index (χ2n) is 4.53. The zero-order valence-electron chi connectivity index (χ0n) is 9.72. The maximum Gasteiger partial charge on any atom is 0.239 e. The third-order valence-corrected chi connectivity index (χ3v) is 3.54. The number of amides is 1. The van der Waals surface area contributed by atoms with Crippen LogP contribution >= 0.6 is 0 Å². The first-order valence-electron chi connectivity index (χ1n) is 5.80. The summed E-state index contributed by atoms with van der Waals surface area (Å²) in [6.07, 6.45) is 0.952. The minimum Gasteiger partial charge on any atom is -0.344 e. The van der Waals surface area contributed by atoms with E-state index in [0.29, 0.717) is 6.54 Å². The van der Waals surface area contributed by atoms with Gasteiger partial charge in [0.1, 0.15) is 0 Å². The number of carbonyl (C=O) groups excluding carboxylic acids is 1. The van der Waals surface area contributed by atoms with Crippen molar-refractivity contribution in [3.63, 3.8) is 0 Å². The highest BCUT2D eigenvalue weighted by Crippen LogP contribution is 2.17. The van der Waals surface area contributed by atoms with Crippen molar-refractivity contribution in [3.8, 4) is 6.07 Å². The minimum atomic E-state index is 0.0919. The van der Waals surface area contributed by atoms with E-state index in [0.717, 1.165) is 39.1 Å². The predicted molar refractivity (Wildman–Crippen MR) is 59.7 cm³/mol. The molecule has 5 heteroatoms. The number of hydrogen-bond donors (Lipinski definition) is 0. The Labute approximate surface area is 96.2 Å².